The predicted octanol–water partition coefficient (Wildman–Crippen LogP) is 1.37. The number of hydrogen-bond acceptors (Lipinski definition) is 4. The predicted molar refractivity (Wildman–Crippen MR) is 61.8 cm³/mol. The normalized spacial score (nSPS) is 12.9. The lowest BCUT2D eigenvalue weighted by Gasteiger charge is -2.25. The van der Waals surface area contributed by atoms with Gasteiger partial charge >= 0.3 is 0 Å². The molecule has 0 saturated heterocycles. The van der Waals surface area contributed by atoms with Gasteiger partial charge in [0.15, 0.2) is 0 Å². The molecule has 5 heteroatoms. The zero-order valence-corrected chi connectivity index (χ0v) is 9.88. The van der Waals surface area contributed by atoms with Gasteiger partial charge < -0.3 is 4.74 Å². The highest BCUT2D eigenvalue weighted by molar-refractivity contribution is 6.30. The van der Waals surface area contributed by atoms with Gasteiger partial charge in [-0.3, -0.25) is 10.7 Å². The zero-order chi connectivity index (χ0) is 11.4. The van der Waals surface area contributed by atoms with E-state index in [4.69, 9.17) is 22.2 Å². The molecule has 1 unspecified atom stereocenters. The number of methoxy groups -OCH3 is 1. The molecule has 0 spiro atoms. The second kappa shape index (κ2) is 5.32. The average Bonchev–Trinajstić information content (AvgIpc) is 2.18. The maximum atomic E-state index is 5.94. The number of nitrogens with zero attached hydrogens (tertiary/aromatic N) is 1. The van der Waals surface area contributed by atoms with Crippen molar-refractivity contribution in [3.05, 3.63) is 28.8 Å². The van der Waals surface area contributed by atoms with Gasteiger partial charge in [-0.1, -0.05) is 11.6 Å². The van der Waals surface area contributed by atoms with Crippen LogP contribution in [0, 0.1) is 0 Å². The van der Waals surface area contributed by atoms with Crippen molar-refractivity contribution in [2.45, 2.75) is 6.17 Å². The molecule has 1 atom stereocenters. The number of nitrogens with two attached hydrogens (primary N) is 1. The van der Waals surface area contributed by atoms with Crippen LogP contribution >= 0.6 is 11.6 Å². The molecular formula is C10H16ClN3O. The highest BCUT2D eigenvalue weighted by Crippen LogP contribution is 2.28. The molecule has 0 aliphatic rings. The van der Waals surface area contributed by atoms with E-state index in [9.17, 15) is 0 Å². The first-order valence-corrected chi connectivity index (χ1v) is 4.94. The van der Waals surface area contributed by atoms with Gasteiger partial charge in [0.05, 0.1) is 7.11 Å². The summed E-state index contributed by atoms with van der Waals surface area (Å²) in [5, 5.41) is 0.660. The van der Waals surface area contributed by atoms with Gasteiger partial charge in [-0.2, -0.15) is 0 Å². The zero-order valence-electron chi connectivity index (χ0n) is 9.12. The van der Waals surface area contributed by atoms with Crippen molar-refractivity contribution in [2.24, 2.45) is 5.84 Å². The van der Waals surface area contributed by atoms with Crippen molar-refractivity contribution < 1.29 is 4.74 Å². The van der Waals surface area contributed by atoms with Crippen molar-refractivity contribution in [1.82, 2.24) is 10.3 Å². The summed E-state index contributed by atoms with van der Waals surface area (Å²) in [4.78, 5) is 1.94. The van der Waals surface area contributed by atoms with Crippen LogP contribution in [0.5, 0.6) is 5.75 Å². The van der Waals surface area contributed by atoms with E-state index in [1.165, 1.54) is 0 Å². The fourth-order valence-corrected chi connectivity index (χ4v) is 1.62. The number of hydrogen-bond donors (Lipinski definition) is 2. The second-order valence-electron chi connectivity index (χ2n) is 3.42. The fraction of sp³-hybridized carbons (Fsp3) is 0.400. The Morgan fingerprint density at radius 2 is 2.13 bits per heavy atom. The van der Waals surface area contributed by atoms with Crippen molar-refractivity contribution >= 4 is 11.6 Å². The molecule has 0 aromatic heterocycles. The van der Waals surface area contributed by atoms with Crippen LogP contribution < -0.4 is 16.0 Å². The van der Waals surface area contributed by atoms with Crippen LogP contribution in [0.15, 0.2) is 18.2 Å². The van der Waals surface area contributed by atoms with Crippen LogP contribution in [0.25, 0.3) is 0 Å². The maximum absolute atomic E-state index is 5.94. The largest absolute Gasteiger partial charge is 0.496 e. The molecule has 0 saturated carbocycles. The van der Waals surface area contributed by atoms with Gasteiger partial charge in [-0.15, -0.1) is 0 Å². The fourth-order valence-electron chi connectivity index (χ4n) is 1.44. The molecule has 0 bridgehead atoms. The summed E-state index contributed by atoms with van der Waals surface area (Å²) in [6.07, 6.45) is -0.126. The van der Waals surface area contributed by atoms with Crippen LogP contribution in [-0.4, -0.2) is 26.1 Å². The summed E-state index contributed by atoms with van der Waals surface area (Å²) in [5.41, 5.74) is 3.62. The van der Waals surface area contributed by atoms with Crippen LogP contribution in [0.3, 0.4) is 0 Å². The summed E-state index contributed by atoms with van der Waals surface area (Å²) in [5.74, 6) is 6.25. The molecule has 1 aromatic carbocycles. The minimum absolute atomic E-state index is 0.126. The molecule has 15 heavy (non-hydrogen) atoms. The minimum atomic E-state index is -0.126. The van der Waals surface area contributed by atoms with Gasteiger partial charge in [0.25, 0.3) is 0 Å². The molecule has 0 aliphatic carbocycles. The highest BCUT2D eigenvalue weighted by Gasteiger charge is 2.16. The van der Waals surface area contributed by atoms with E-state index >= 15 is 0 Å². The lowest BCUT2D eigenvalue weighted by molar-refractivity contribution is 0.245. The summed E-state index contributed by atoms with van der Waals surface area (Å²) in [7, 11) is 5.46. The Morgan fingerprint density at radius 1 is 1.47 bits per heavy atom. The molecular weight excluding hydrogens is 214 g/mol. The SMILES string of the molecule is COc1ccc(Cl)cc1C(NN)N(C)C. The number of rotatable bonds is 4. The van der Waals surface area contributed by atoms with Gasteiger partial charge in [0.2, 0.25) is 0 Å². The third-order valence-electron chi connectivity index (χ3n) is 2.16. The van der Waals surface area contributed by atoms with Crippen LogP contribution in [0.4, 0.5) is 0 Å². The summed E-state index contributed by atoms with van der Waals surface area (Å²) in [6.45, 7) is 0. The Kier molecular flexibility index (Phi) is 4.35. The van der Waals surface area contributed by atoms with Gasteiger partial charge in [0.1, 0.15) is 11.9 Å². The molecule has 3 N–H and O–H groups in total. The first-order valence-electron chi connectivity index (χ1n) is 4.56. The maximum Gasteiger partial charge on any atom is 0.125 e. The monoisotopic (exact) mass is 229 g/mol. The first kappa shape index (κ1) is 12.3. The molecule has 1 rings (SSSR count). The molecule has 1 aromatic rings. The molecule has 84 valence electrons. The van der Waals surface area contributed by atoms with E-state index in [2.05, 4.69) is 5.43 Å². The Morgan fingerprint density at radius 3 is 2.60 bits per heavy atom. The Balaban J connectivity index is 3.13. The van der Waals surface area contributed by atoms with E-state index in [0.717, 1.165) is 11.3 Å². The molecule has 4 nitrogen and oxygen atoms in total. The molecule has 0 fully saturated rings. The van der Waals surface area contributed by atoms with Crippen LogP contribution in [-0.2, 0) is 0 Å². The summed E-state index contributed by atoms with van der Waals surface area (Å²) >= 11 is 5.94. The molecule has 0 heterocycles. The third-order valence-corrected chi connectivity index (χ3v) is 2.40. The Bertz CT molecular complexity index is 330. The van der Waals surface area contributed by atoms with E-state index in [1.807, 2.05) is 31.1 Å². The van der Waals surface area contributed by atoms with Crippen LogP contribution in [0.1, 0.15) is 11.7 Å². The van der Waals surface area contributed by atoms with E-state index in [1.54, 1.807) is 13.2 Å². The number of nitrogens with one attached hydrogen (secondary N) is 1. The summed E-state index contributed by atoms with van der Waals surface area (Å²) < 4.78 is 5.25. The quantitative estimate of drug-likeness (QED) is 0.465. The molecule has 0 amide bonds. The van der Waals surface area contributed by atoms with Gasteiger partial charge in [-0.05, 0) is 32.3 Å². The van der Waals surface area contributed by atoms with Gasteiger partial charge in [0, 0.05) is 10.6 Å². The first-order chi connectivity index (χ1) is 7.10. The highest BCUT2D eigenvalue weighted by atomic mass is 35.5. The number of benzene rings is 1. The van der Waals surface area contributed by atoms with Crippen molar-refractivity contribution in [1.29, 1.82) is 0 Å². The Labute approximate surface area is 94.9 Å². The molecule has 0 aliphatic heterocycles. The number of hydrazine groups is 1. The lowest BCUT2D eigenvalue weighted by atomic mass is 10.1. The number of halogens is 1. The number of ether oxygens (including phenoxy) is 1. The standard InChI is InChI=1S/C10H16ClN3O/c1-14(2)10(13-12)8-6-7(11)4-5-9(8)15-3/h4-6,10,13H,12H2,1-3H3. The smallest absolute Gasteiger partial charge is 0.125 e. The van der Waals surface area contributed by atoms with Crippen molar-refractivity contribution in [3.63, 3.8) is 0 Å². The van der Waals surface area contributed by atoms with Crippen LogP contribution in [0.2, 0.25) is 5.02 Å². The second-order valence-corrected chi connectivity index (χ2v) is 3.86. The average molecular weight is 230 g/mol. The van der Waals surface area contributed by atoms with Gasteiger partial charge in [-0.25, -0.2) is 5.43 Å². The van der Waals surface area contributed by atoms with E-state index < -0.39 is 0 Å². The topological polar surface area (TPSA) is 50.5 Å². The lowest BCUT2D eigenvalue weighted by Crippen LogP contribution is -2.37. The molecule has 0 radical (unpaired) electrons. The van der Waals surface area contributed by atoms with E-state index in [0.29, 0.717) is 5.02 Å². The Hall–Kier alpha value is -0.810. The van der Waals surface area contributed by atoms with E-state index in [-0.39, 0.29) is 6.17 Å². The summed E-state index contributed by atoms with van der Waals surface area (Å²) in [6, 6.07) is 5.45. The van der Waals surface area contributed by atoms with Crippen molar-refractivity contribution in [3.8, 4) is 5.75 Å². The minimum Gasteiger partial charge on any atom is -0.496 e. The van der Waals surface area contributed by atoms with Crippen molar-refractivity contribution in [2.75, 3.05) is 21.2 Å². The third kappa shape index (κ3) is 2.82.